The minimum atomic E-state index is -0.503. The minimum absolute atomic E-state index is 0. The van der Waals surface area contributed by atoms with Gasteiger partial charge in [0, 0.05) is 58.9 Å². The number of carbonyl (C=O) groups excluding carboxylic acids is 4. The smallest absolute Gasteiger partial charge is 1.00 e. The summed E-state index contributed by atoms with van der Waals surface area (Å²) >= 11 is 5.42. The average molecular weight is 1050 g/mol. The molecule has 0 saturated carbocycles. The third-order valence-corrected chi connectivity index (χ3v) is 9.12. The van der Waals surface area contributed by atoms with Gasteiger partial charge in [-0.05, 0) is 106 Å². The summed E-state index contributed by atoms with van der Waals surface area (Å²) in [7, 11) is 6.11. The van der Waals surface area contributed by atoms with Crippen LogP contribution in [0.15, 0.2) is 123 Å². The van der Waals surface area contributed by atoms with Crippen molar-refractivity contribution in [2.45, 2.75) is 27.7 Å². The maximum atomic E-state index is 12.7. The van der Waals surface area contributed by atoms with Gasteiger partial charge in [0.2, 0.25) is 0 Å². The first-order valence-electron chi connectivity index (χ1n) is 20.1. The number of halogens is 2. The Morgan fingerprint density at radius 1 is 0.662 bits per heavy atom. The van der Waals surface area contributed by atoms with Crippen LogP contribution in [0.4, 0.5) is 10.1 Å². The van der Waals surface area contributed by atoms with Crippen LogP contribution in [0.2, 0.25) is 0 Å². The van der Waals surface area contributed by atoms with Crippen molar-refractivity contribution in [3.8, 4) is 40.1 Å². The van der Waals surface area contributed by atoms with Crippen LogP contribution in [-0.2, 0) is 9.68 Å². The van der Waals surface area contributed by atoms with Gasteiger partial charge in [-0.2, -0.15) is 0 Å². The van der Waals surface area contributed by atoms with Crippen molar-refractivity contribution in [1.82, 2.24) is 38.6 Å². The van der Waals surface area contributed by atoms with Crippen molar-refractivity contribution in [3.63, 3.8) is 0 Å². The minimum Gasteiger partial charge on any atom is -1.00 e. The Morgan fingerprint density at radius 2 is 1.07 bits per heavy atom. The molecule has 0 radical (unpaired) electrons. The molecule has 8 rings (SSSR count). The van der Waals surface area contributed by atoms with E-state index in [0.717, 1.165) is 51.9 Å². The number of methoxy groups -OCH3 is 4. The molecule has 0 aliphatic heterocycles. The zero-order chi connectivity index (χ0) is 50.9. The second-order valence-electron chi connectivity index (χ2n) is 13.8. The van der Waals surface area contributed by atoms with Gasteiger partial charge in [-0.1, -0.05) is 0 Å². The fraction of sp³-hybridized carbons (Fsp3) is 0.167. The summed E-state index contributed by atoms with van der Waals surface area (Å²) in [6.45, 7) is 7.55. The number of hydrogen-bond donors (Lipinski definition) is 2. The first-order valence-corrected chi connectivity index (χ1v) is 20.5. The van der Waals surface area contributed by atoms with Crippen molar-refractivity contribution < 1.29 is 157 Å². The van der Waals surface area contributed by atoms with Crippen LogP contribution in [0.5, 0.6) is 23.0 Å². The Hall–Kier alpha value is -5.35. The first-order chi connectivity index (χ1) is 33.1. The fourth-order valence-electron chi connectivity index (χ4n) is 5.64. The Labute approximate surface area is 501 Å². The van der Waals surface area contributed by atoms with Gasteiger partial charge >= 0.3 is 103 Å². The number of benzene rings is 4. The summed E-state index contributed by atoms with van der Waals surface area (Å²) in [5.74, 6) is 1.61. The van der Waals surface area contributed by atoms with Gasteiger partial charge in [-0.25, -0.2) is 24.3 Å². The maximum Gasteiger partial charge on any atom is 1.00 e. The number of nitrogen functional groups attached to an aromatic ring is 1. The van der Waals surface area contributed by atoms with E-state index in [-0.39, 0.29) is 116 Å². The monoisotopic (exact) mass is 1050 g/mol. The summed E-state index contributed by atoms with van der Waals surface area (Å²) in [5, 5.41) is 7.93. The molecule has 0 aliphatic carbocycles. The van der Waals surface area contributed by atoms with Crippen molar-refractivity contribution in [3.05, 3.63) is 168 Å². The van der Waals surface area contributed by atoms with E-state index in [2.05, 4.69) is 34.5 Å². The number of aromatic amines is 1. The fourth-order valence-corrected chi connectivity index (χ4v) is 5.75. The molecular formula is C48H51ClFK2N9O10. The Balaban J connectivity index is 0.000000871. The Morgan fingerprint density at radius 3 is 1.42 bits per heavy atom. The number of aromatic nitrogens is 8. The number of aldehydes is 2. The van der Waals surface area contributed by atoms with Crippen molar-refractivity contribution in [2.24, 2.45) is 0 Å². The van der Waals surface area contributed by atoms with Crippen molar-refractivity contribution in [1.29, 1.82) is 0 Å². The number of rotatable bonds is 11. The molecule has 0 saturated heterocycles. The van der Waals surface area contributed by atoms with Crippen LogP contribution < -0.4 is 133 Å². The SMILES string of the molecule is COc1cc(C(=O)Cl)ccc1-n1cnc(C)c1.COc1cc(C=O)ccc1-n1cnc(C)c1.COc1cc(C=O)ccc1F.COc1cc(N)ccc1-n1cnc(C)c1.Cc1cnc[nH]1.O=CO[O-].[H-].[K+].[K+]. The summed E-state index contributed by atoms with van der Waals surface area (Å²) in [4.78, 5) is 62.3. The molecule has 0 aliphatic rings. The van der Waals surface area contributed by atoms with E-state index in [4.69, 9.17) is 41.6 Å². The molecule has 3 N–H and O–H groups in total. The second-order valence-corrected chi connectivity index (χ2v) is 14.2. The van der Waals surface area contributed by atoms with Gasteiger partial charge < -0.3 is 54.9 Å². The zero-order valence-electron chi connectivity index (χ0n) is 41.8. The van der Waals surface area contributed by atoms with E-state index < -0.39 is 11.1 Å². The molecule has 0 atom stereocenters. The number of nitrogens with one attached hydrogen (secondary N) is 1. The number of hydrogen-bond acceptors (Lipinski definition) is 15. The van der Waals surface area contributed by atoms with Gasteiger partial charge in [0.25, 0.3) is 11.7 Å². The van der Waals surface area contributed by atoms with Gasteiger partial charge in [0.15, 0.2) is 11.6 Å². The van der Waals surface area contributed by atoms with Crippen molar-refractivity contribution in [2.75, 3.05) is 34.2 Å². The number of carbonyl (C=O) groups is 4. The van der Waals surface area contributed by atoms with Gasteiger partial charge in [0.05, 0.1) is 87.9 Å². The molecule has 0 fully saturated rings. The molecule has 71 heavy (non-hydrogen) atoms. The van der Waals surface area contributed by atoms with E-state index in [0.29, 0.717) is 40.2 Å². The molecule has 0 spiro atoms. The Bertz CT molecular complexity index is 2880. The van der Waals surface area contributed by atoms with Gasteiger partial charge in [0.1, 0.15) is 29.8 Å². The topological polar surface area (TPSA) is 246 Å². The summed E-state index contributed by atoms with van der Waals surface area (Å²) in [5.41, 5.74) is 14.3. The number of ether oxygens (including phenoxy) is 4. The third kappa shape index (κ3) is 21.1. The number of nitrogens with two attached hydrogens (primary N) is 1. The van der Waals surface area contributed by atoms with E-state index in [1.54, 1.807) is 89.2 Å². The molecule has 364 valence electrons. The van der Waals surface area contributed by atoms with E-state index in [1.807, 2.05) is 78.2 Å². The molecular weight excluding hydrogens is 995 g/mol. The first kappa shape index (κ1) is 63.7. The molecule has 4 aromatic heterocycles. The largest absolute Gasteiger partial charge is 1.00 e. The number of imidazole rings is 4. The van der Waals surface area contributed by atoms with E-state index in [9.17, 15) is 18.8 Å². The standard InChI is InChI=1S/C12H11ClN2O2.C12H12N2O2.C11H13N3O.C8H7FO2.C4H6N2.CH2O3.2K.H/c1-8-6-15(7-14-8)10-4-3-9(12(13)16)5-11(10)17-2;1-9-6-14(8-13-9)11-4-3-10(7-15)5-12(11)16-2;1-8-6-14(7-13-8)10-4-3-9(12)5-11(10)15-2;1-11-8-4-6(5-10)2-3-7(8)9;1-4-2-5-3-6-4;2-1-4-3;;;/h3-7H,1-2H3;3-8H,1-2H3;3-7H,12H2,1-2H3;2-5H,1H3;2-3H,1H3,(H,5,6);1,3H;;;/q;;;;;;2*+1;-1/p-1. The Kier molecular flexibility index (Phi) is 30.6. The van der Waals surface area contributed by atoms with E-state index >= 15 is 0 Å². The molecule has 4 aromatic carbocycles. The van der Waals surface area contributed by atoms with Crippen LogP contribution in [0.25, 0.3) is 17.1 Å². The predicted molar refractivity (Wildman–Crippen MR) is 254 cm³/mol. The maximum absolute atomic E-state index is 12.7. The number of H-pyrrole nitrogens is 1. The zero-order valence-corrected chi connectivity index (χ0v) is 47.8. The normalized spacial score (nSPS) is 9.39. The molecule has 8 aromatic rings. The average Bonchev–Trinajstić information content (AvgIpc) is 4.22. The molecule has 0 amide bonds. The van der Waals surface area contributed by atoms with Gasteiger partial charge in [-0.3, -0.25) is 19.2 Å². The van der Waals surface area contributed by atoms with Gasteiger partial charge in [-0.15, -0.1) is 0 Å². The molecule has 4 heterocycles. The quantitative estimate of drug-likeness (QED) is 0.0463. The van der Waals surface area contributed by atoms with Crippen LogP contribution in [0.3, 0.4) is 0 Å². The van der Waals surface area contributed by atoms with Crippen LogP contribution in [0, 0.1) is 33.5 Å². The molecule has 0 unspecified atom stereocenters. The van der Waals surface area contributed by atoms with Crippen LogP contribution in [-0.4, -0.2) is 91.3 Å². The molecule has 23 heteroatoms. The summed E-state index contributed by atoms with van der Waals surface area (Å²) in [6, 6.07) is 19.8. The number of aryl methyl sites for hydroxylation is 4. The predicted octanol–water partition coefficient (Wildman–Crippen LogP) is 1.26. The number of anilines is 1. The van der Waals surface area contributed by atoms with E-state index in [1.165, 1.54) is 25.3 Å². The third-order valence-electron chi connectivity index (χ3n) is 8.91. The van der Waals surface area contributed by atoms with Crippen molar-refractivity contribution >= 4 is 41.6 Å². The van der Waals surface area contributed by atoms with Crippen LogP contribution >= 0.6 is 11.6 Å². The van der Waals surface area contributed by atoms with Crippen LogP contribution in [0.1, 0.15) is 55.3 Å². The second kappa shape index (κ2) is 34.1. The summed E-state index contributed by atoms with van der Waals surface area (Å²) < 4.78 is 38.7. The number of nitrogens with zero attached hydrogens (tertiary/aromatic N) is 7. The summed E-state index contributed by atoms with van der Waals surface area (Å²) in [6.07, 6.45) is 15.8. The molecule has 0 bridgehead atoms. The molecule has 19 nitrogen and oxygen atoms in total.